The van der Waals surface area contributed by atoms with Crippen molar-refractivity contribution in [2.24, 2.45) is 22.7 Å². The van der Waals surface area contributed by atoms with Gasteiger partial charge < -0.3 is 30.9 Å². The number of imide groups is 2. The number of fused-ring (bicyclic) bond motifs is 1. The van der Waals surface area contributed by atoms with Crippen LogP contribution in [0.3, 0.4) is 0 Å². The second-order valence-corrected chi connectivity index (χ2v) is 14.9. The van der Waals surface area contributed by atoms with Gasteiger partial charge in [-0.2, -0.15) is 0 Å². The number of rotatable bonds is 13. The number of nitrogens with one attached hydrogen (secondary N) is 3. The number of carbonyl (C=O) groups is 6. The number of aromatic hydroxyl groups is 1. The van der Waals surface area contributed by atoms with Gasteiger partial charge in [-0.3, -0.25) is 39.0 Å². The number of anilines is 1. The molecule has 3 aromatic rings. The van der Waals surface area contributed by atoms with E-state index in [-0.39, 0.29) is 76.4 Å². The number of hydrogen-bond acceptors (Lipinski definition) is 12. The van der Waals surface area contributed by atoms with Crippen molar-refractivity contribution in [2.45, 2.75) is 44.6 Å². The molecule has 2 aliphatic heterocycles. The van der Waals surface area contributed by atoms with Gasteiger partial charge in [0.25, 0.3) is 17.7 Å². The summed E-state index contributed by atoms with van der Waals surface area (Å²) in [5.41, 5.74) is 7.12. The van der Waals surface area contributed by atoms with Crippen LogP contribution in [-0.4, -0.2) is 88.0 Å². The largest absolute Gasteiger partial charge is 0.507 e. The van der Waals surface area contributed by atoms with Crippen molar-refractivity contribution in [3.8, 4) is 28.5 Å². The molecule has 16 nitrogen and oxygen atoms in total. The van der Waals surface area contributed by atoms with Gasteiger partial charge in [-0.15, -0.1) is 10.2 Å². The lowest BCUT2D eigenvalue weighted by Crippen LogP contribution is -2.67. The van der Waals surface area contributed by atoms with Gasteiger partial charge in [0.15, 0.2) is 18.2 Å². The summed E-state index contributed by atoms with van der Waals surface area (Å²) in [4.78, 5) is 76.5. The van der Waals surface area contributed by atoms with Crippen LogP contribution in [0.4, 0.5) is 5.82 Å². The number of benzene rings is 2. The molecule has 6 aliphatic rings. The van der Waals surface area contributed by atoms with Crippen molar-refractivity contribution < 1.29 is 43.3 Å². The Hall–Kier alpha value is -6.06. The molecule has 0 spiro atoms. The molecular weight excluding hydrogens is 686 g/mol. The average Bonchev–Trinajstić information content (AvgIpc) is 3.85. The molecule has 16 heteroatoms. The molecule has 6 amide bonds. The summed E-state index contributed by atoms with van der Waals surface area (Å²) < 4.78 is 11.7. The highest BCUT2D eigenvalue weighted by molar-refractivity contribution is 6.24. The zero-order chi connectivity index (χ0) is 37.1. The zero-order valence-electron chi connectivity index (χ0n) is 28.6. The van der Waals surface area contributed by atoms with Crippen molar-refractivity contribution in [2.75, 3.05) is 32.0 Å². The Kier molecular flexibility index (Phi) is 8.26. The highest BCUT2D eigenvalue weighted by atomic mass is 16.5. The molecule has 1 aromatic heterocycles. The maximum absolute atomic E-state index is 13.2. The van der Waals surface area contributed by atoms with E-state index >= 15 is 0 Å². The summed E-state index contributed by atoms with van der Waals surface area (Å²) in [5, 5.41) is 26.3. The molecule has 2 bridgehead atoms. The van der Waals surface area contributed by atoms with E-state index in [9.17, 15) is 33.9 Å². The Morgan fingerprint density at radius 1 is 0.943 bits per heavy atom. The Morgan fingerprint density at radius 3 is 2.49 bits per heavy atom. The average molecular weight is 724 g/mol. The maximum atomic E-state index is 13.2. The predicted molar refractivity (Wildman–Crippen MR) is 184 cm³/mol. The molecule has 4 aliphatic carbocycles. The summed E-state index contributed by atoms with van der Waals surface area (Å²) in [5.74, 6) is -2.55. The molecule has 0 radical (unpaired) electrons. The van der Waals surface area contributed by atoms with Crippen molar-refractivity contribution in [3.63, 3.8) is 0 Å². The fourth-order valence-corrected chi connectivity index (χ4v) is 8.37. The van der Waals surface area contributed by atoms with Crippen LogP contribution in [0.2, 0.25) is 0 Å². The van der Waals surface area contributed by atoms with E-state index in [1.165, 1.54) is 18.2 Å². The number of phenolic OH excluding ortho intramolecular Hbond substituents is 1. The maximum Gasteiger partial charge on any atom is 0.266 e. The first-order chi connectivity index (χ1) is 25.4. The van der Waals surface area contributed by atoms with E-state index in [1.807, 2.05) is 0 Å². The summed E-state index contributed by atoms with van der Waals surface area (Å²) in [6.07, 6.45) is 3.46. The van der Waals surface area contributed by atoms with Crippen LogP contribution in [0, 0.1) is 22.7 Å². The van der Waals surface area contributed by atoms with E-state index in [2.05, 4.69) is 26.1 Å². The van der Waals surface area contributed by atoms with Gasteiger partial charge in [0, 0.05) is 42.5 Å². The molecule has 1 saturated heterocycles. The zero-order valence-corrected chi connectivity index (χ0v) is 28.6. The fourth-order valence-electron chi connectivity index (χ4n) is 8.37. The van der Waals surface area contributed by atoms with E-state index < -0.39 is 42.2 Å². The molecule has 9 rings (SSSR count). The molecule has 3 atom stereocenters. The molecular formula is C37H37N7O9. The number of phenols is 1. The number of amides is 6. The van der Waals surface area contributed by atoms with Crippen LogP contribution in [0.1, 0.15) is 59.2 Å². The summed E-state index contributed by atoms with van der Waals surface area (Å²) in [6.45, 7) is 0.917. The Balaban J connectivity index is 0.752. The molecule has 2 aromatic carbocycles. The van der Waals surface area contributed by atoms with Gasteiger partial charge in [-0.05, 0) is 67.7 Å². The minimum absolute atomic E-state index is 0.00279. The van der Waals surface area contributed by atoms with Crippen LogP contribution in [0.25, 0.3) is 11.3 Å². The first kappa shape index (κ1) is 34.0. The number of aromatic nitrogens is 2. The van der Waals surface area contributed by atoms with Gasteiger partial charge in [0.05, 0.1) is 17.7 Å². The predicted octanol–water partition coefficient (Wildman–Crippen LogP) is 1.33. The minimum Gasteiger partial charge on any atom is -0.507 e. The molecule has 6 N–H and O–H groups in total. The van der Waals surface area contributed by atoms with Crippen molar-refractivity contribution in [1.82, 2.24) is 31.0 Å². The molecule has 4 saturated carbocycles. The second-order valence-electron chi connectivity index (χ2n) is 14.9. The van der Waals surface area contributed by atoms with Gasteiger partial charge in [0.1, 0.15) is 23.2 Å². The summed E-state index contributed by atoms with van der Waals surface area (Å²) >= 11 is 0. The number of nitrogens with zero attached hydrogens (tertiary/aromatic N) is 3. The smallest absolute Gasteiger partial charge is 0.266 e. The number of para-hydroxylation sites is 1. The van der Waals surface area contributed by atoms with E-state index in [0.29, 0.717) is 36.6 Å². The number of nitrogens with two attached hydrogens (primary N) is 1. The van der Waals surface area contributed by atoms with Crippen molar-refractivity contribution in [1.29, 1.82) is 0 Å². The number of ether oxygens (including phenoxy) is 2. The van der Waals surface area contributed by atoms with E-state index in [0.717, 1.165) is 24.2 Å². The lowest BCUT2D eigenvalue weighted by atomic mass is 9.35. The number of hydrogen-bond donors (Lipinski definition) is 5. The number of nitrogen functional groups attached to an aromatic ring is 1. The Morgan fingerprint density at radius 2 is 1.72 bits per heavy atom. The second kappa shape index (κ2) is 12.9. The summed E-state index contributed by atoms with van der Waals surface area (Å²) in [7, 11) is 0. The first-order valence-electron chi connectivity index (χ1n) is 17.5. The molecule has 3 unspecified atom stereocenters. The quantitative estimate of drug-likeness (QED) is 0.157. The third-order valence-electron chi connectivity index (χ3n) is 11.0. The van der Waals surface area contributed by atoms with Crippen LogP contribution >= 0.6 is 0 Å². The summed E-state index contributed by atoms with van der Waals surface area (Å²) in [6, 6.07) is 11.8. The van der Waals surface area contributed by atoms with E-state index in [1.54, 1.807) is 30.3 Å². The lowest BCUT2D eigenvalue weighted by Gasteiger charge is -2.70. The third kappa shape index (κ3) is 6.27. The van der Waals surface area contributed by atoms with Gasteiger partial charge in [-0.25, -0.2) is 0 Å². The van der Waals surface area contributed by atoms with Gasteiger partial charge in [-0.1, -0.05) is 18.2 Å². The van der Waals surface area contributed by atoms with Crippen molar-refractivity contribution in [3.05, 3.63) is 59.7 Å². The molecule has 274 valence electrons. The number of carbonyl (C=O) groups excluding carboxylic acids is 6. The van der Waals surface area contributed by atoms with Crippen molar-refractivity contribution >= 4 is 41.3 Å². The van der Waals surface area contributed by atoms with Crippen LogP contribution in [0.5, 0.6) is 17.2 Å². The van der Waals surface area contributed by atoms with Crippen LogP contribution in [-0.2, 0) is 19.2 Å². The van der Waals surface area contributed by atoms with Gasteiger partial charge in [0.2, 0.25) is 17.7 Å². The monoisotopic (exact) mass is 723 g/mol. The Labute approximate surface area is 302 Å². The van der Waals surface area contributed by atoms with Crippen LogP contribution < -0.4 is 31.2 Å². The van der Waals surface area contributed by atoms with E-state index in [4.69, 9.17) is 15.2 Å². The first-order valence-corrected chi connectivity index (χ1v) is 17.5. The normalized spacial score (nSPS) is 26.5. The highest BCUT2D eigenvalue weighted by Gasteiger charge is 2.68. The minimum atomic E-state index is -1.11. The fraction of sp³-hybridized carbons (Fsp3) is 0.405. The molecule has 5 fully saturated rings. The SMILES string of the molecule is Nc1nnc(-c2ccccc2O)cc1OCC12CC(CNC(=O)C3CC3CNC(=O)COc3cccc4c3C(=O)N(C3CCC(=O)NC3=O)C4=O)(C1)C2. The lowest BCUT2D eigenvalue weighted by molar-refractivity contribution is -0.215. The third-order valence-corrected chi connectivity index (χ3v) is 11.0. The standard InChI is InChI=1S/C37H37N7O9/c38-31-27(11-23(42-43-31)20-4-1-2-6-25(20)45)53-18-37-14-36(15-37,16-37)17-40-32(48)22-10-19(22)12-39-29(47)13-52-26-7-3-5-21-30(26)35(51)44(34(21)50)24-8-9-28(46)41-33(24)49/h1-7,11,19,22,24,45H,8-10,12-18H2,(H2,38,43)(H,39,47)(H,40,48)(H,41,46,49). The topological polar surface area (TPSA) is 232 Å². The Bertz CT molecular complexity index is 2070. The molecule has 3 heterocycles. The number of piperidine rings is 1. The van der Waals surface area contributed by atoms with Gasteiger partial charge >= 0.3 is 0 Å². The van der Waals surface area contributed by atoms with Crippen LogP contribution in [0.15, 0.2) is 48.5 Å². The highest BCUT2D eigenvalue weighted by Crippen LogP contribution is 2.73. The molecule has 53 heavy (non-hydrogen) atoms.